The molecule has 14 heteroatoms. The van der Waals surface area contributed by atoms with Crippen molar-refractivity contribution in [3.8, 4) is 0 Å². The summed E-state index contributed by atoms with van der Waals surface area (Å²) in [5.41, 5.74) is 0. The highest BCUT2D eigenvalue weighted by Gasteiger charge is 2.47. The Morgan fingerprint density at radius 2 is 0.776 bits per heavy atom. The van der Waals surface area contributed by atoms with Gasteiger partial charge in [0, 0.05) is 13.0 Å². The number of unbranched alkanes of at least 4 members (excludes halogenated alkanes) is 34. The predicted octanol–water partition coefficient (Wildman–Crippen LogP) is 11.9. The molecule has 2 saturated heterocycles. The van der Waals surface area contributed by atoms with Crippen LogP contribution in [0, 0.1) is 0 Å². The molecule has 2 aliphatic heterocycles. The van der Waals surface area contributed by atoms with Crippen LogP contribution in [0.3, 0.4) is 0 Å². The molecular weight excluding hydrogens is 969 g/mol. The Balaban J connectivity index is 1.66. The van der Waals surface area contributed by atoms with E-state index in [0.29, 0.717) is 13.0 Å². The predicted molar refractivity (Wildman–Crippen MR) is 303 cm³/mol. The number of ether oxygens (including phenoxy) is 6. The van der Waals surface area contributed by atoms with Gasteiger partial charge in [-0.25, -0.2) is 0 Å². The highest BCUT2D eigenvalue weighted by Crippen LogP contribution is 2.27. The molecule has 2 fully saturated rings. The molecule has 7 N–H and O–H groups in total. The van der Waals surface area contributed by atoms with E-state index in [1.807, 2.05) is 0 Å². The van der Waals surface area contributed by atoms with Crippen molar-refractivity contribution >= 4 is 5.97 Å². The fourth-order valence-corrected chi connectivity index (χ4v) is 10.1. The molecule has 2 aliphatic rings. The van der Waals surface area contributed by atoms with Crippen molar-refractivity contribution in [2.24, 2.45) is 0 Å². The third-order valence-electron chi connectivity index (χ3n) is 15.2. The van der Waals surface area contributed by atoms with Crippen LogP contribution in [0.15, 0.2) is 24.3 Å². The van der Waals surface area contributed by atoms with Gasteiger partial charge in [0.15, 0.2) is 12.6 Å². The van der Waals surface area contributed by atoms with E-state index in [0.717, 1.165) is 57.8 Å². The van der Waals surface area contributed by atoms with Crippen LogP contribution in [0.25, 0.3) is 0 Å². The summed E-state index contributed by atoms with van der Waals surface area (Å²) in [4.78, 5) is 13.1. The summed E-state index contributed by atoms with van der Waals surface area (Å²) in [7, 11) is 0. The molecule has 0 saturated carbocycles. The second kappa shape index (κ2) is 49.3. The smallest absolute Gasteiger partial charge is 0.306 e. The van der Waals surface area contributed by atoms with Crippen LogP contribution in [0.5, 0.6) is 0 Å². The first-order valence-corrected chi connectivity index (χ1v) is 31.4. The molecule has 0 aromatic carbocycles. The first-order chi connectivity index (χ1) is 37.1. The van der Waals surface area contributed by atoms with E-state index in [9.17, 15) is 40.5 Å². The minimum absolute atomic E-state index is 0.0621. The molecule has 0 spiro atoms. The van der Waals surface area contributed by atoms with E-state index >= 15 is 0 Å². The second-order valence-electron chi connectivity index (χ2n) is 22.2. The summed E-state index contributed by atoms with van der Waals surface area (Å²) in [6.45, 7) is 3.72. The van der Waals surface area contributed by atoms with Crippen molar-refractivity contribution in [2.45, 2.75) is 332 Å². The number of carbonyl (C=O) groups is 1. The van der Waals surface area contributed by atoms with Gasteiger partial charge in [-0.15, -0.1) is 0 Å². The molecule has 14 nitrogen and oxygen atoms in total. The van der Waals surface area contributed by atoms with Gasteiger partial charge in [0.2, 0.25) is 0 Å². The molecule has 0 aromatic rings. The van der Waals surface area contributed by atoms with Crippen LogP contribution < -0.4 is 0 Å². The molecule has 0 bridgehead atoms. The standard InChI is InChI=1S/C62H116O14/c1-3-5-7-9-11-13-15-17-19-21-22-23-24-25-26-27-28-29-30-32-34-36-38-40-42-44-46-71-48-51(74-54(64)45-43-41-39-37-35-33-31-20-18-16-14-12-10-8-6-4-2)49-72-61-60(70)58(68)56(66)53(76-61)50-73-62-59(69)57(67)55(65)52(47-63)75-62/h20-22,31,51-53,55-63,65-70H,3-19,23-30,32-50H2,1-2H3/b22-21-,31-20-. The molecule has 11 atom stereocenters. The Morgan fingerprint density at radius 1 is 0.421 bits per heavy atom. The van der Waals surface area contributed by atoms with Crippen molar-refractivity contribution in [1.82, 2.24) is 0 Å². The average Bonchev–Trinajstić information content (AvgIpc) is 3.42. The maximum atomic E-state index is 13.1. The SMILES string of the molecule is CCCCCCCCC/C=C\CCCCCCCC(=O)OC(COCCCCCCCCCCCCCCCC/C=C\CCCCCCCCCC)COC1OC(COC2OC(CO)C(O)C(O)C2O)C(O)C(O)C1O. The monoisotopic (exact) mass is 1080 g/mol. The number of hydrogen-bond acceptors (Lipinski definition) is 14. The number of aliphatic hydroxyl groups is 7. The number of allylic oxidation sites excluding steroid dienone is 4. The third kappa shape index (κ3) is 35.3. The van der Waals surface area contributed by atoms with Crippen molar-refractivity contribution in [2.75, 3.05) is 33.0 Å². The van der Waals surface area contributed by atoms with Crippen LogP contribution in [0.2, 0.25) is 0 Å². The highest BCUT2D eigenvalue weighted by molar-refractivity contribution is 5.69. The summed E-state index contributed by atoms with van der Waals surface area (Å²) in [6, 6.07) is 0. The second-order valence-corrected chi connectivity index (χ2v) is 22.2. The summed E-state index contributed by atoms with van der Waals surface area (Å²) in [5, 5.41) is 72.4. The summed E-state index contributed by atoms with van der Waals surface area (Å²) in [5.74, 6) is -0.380. The molecule has 2 heterocycles. The van der Waals surface area contributed by atoms with Gasteiger partial charge in [0.05, 0.1) is 26.4 Å². The Hall–Kier alpha value is -1.53. The number of rotatable bonds is 52. The van der Waals surface area contributed by atoms with E-state index in [4.69, 9.17) is 28.4 Å². The highest BCUT2D eigenvalue weighted by atomic mass is 16.7. The lowest BCUT2D eigenvalue weighted by Gasteiger charge is -2.42. The molecule has 2 rings (SSSR count). The van der Waals surface area contributed by atoms with Crippen molar-refractivity contribution in [3.05, 3.63) is 24.3 Å². The molecule has 0 amide bonds. The molecular formula is C62H116O14. The fraction of sp³-hybridized carbons (Fsp3) is 0.919. The summed E-state index contributed by atoms with van der Waals surface area (Å²) >= 11 is 0. The van der Waals surface area contributed by atoms with Crippen molar-refractivity contribution < 1.29 is 69.0 Å². The van der Waals surface area contributed by atoms with Crippen LogP contribution in [-0.2, 0) is 33.2 Å². The van der Waals surface area contributed by atoms with Gasteiger partial charge in [-0.2, -0.15) is 0 Å². The van der Waals surface area contributed by atoms with Crippen LogP contribution >= 0.6 is 0 Å². The molecule has 0 aliphatic carbocycles. The molecule has 76 heavy (non-hydrogen) atoms. The zero-order valence-electron chi connectivity index (χ0n) is 48.3. The number of carbonyl (C=O) groups excluding carboxylic acids is 1. The van der Waals surface area contributed by atoms with Gasteiger partial charge in [-0.3, -0.25) is 4.79 Å². The Labute approximate surface area is 462 Å². The third-order valence-corrected chi connectivity index (χ3v) is 15.2. The molecule has 448 valence electrons. The van der Waals surface area contributed by atoms with Gasteiger partial charge >= 0.3 is 5.97 Å². The van der Waals surface area contributed by atoms with Crippen LogP contribution in [0.1, 0.15) is 264 Å². The Kier molecular flexibility index (Phi) is 45.8. The van der Waals surface area contributed by atoms with E-state index in [1.54, 1.807) is 0 Å². The van der Waals surface area contributed by atoms with Gasteiger partial charge in [0.25, 0.3) is 0 Å². The van der Waals surface area contributed by atoms with Crippen LogP contribution in [0.4, 0.5) is 0 Å². The zero-order valence-corrected chi connectivity index (χ0v) is 48.3. The maximum Gasteiger partial charge on any atom is 0.306 e. The maximum absolute atomic E-state index is 13.1. The Bertz CT molecular complexity index is 1350. The van der Waals surface area contributed by atoms with Crippen molar-refractivity contribution in [3.63, 3.8) is 0 Å². The number of esters is 1. The Morgan fingerprint density at radius 3 is 1.20 bits per heavy atom. The molecule has 0 aromatic heterocycles. The topological polar surface area (TPSA) is 214 Å². The lowest BCUT2D eigenvalue weighted by Crippen LogP contribution is -2.61. The quantitative estimate of drug-likeness (QED) is 0.0172. The van der Waals surface area contributed by atoms with E-state index in [2.05, 4.69) is 38.2 Å². The summed E-state index contributed by atoms with van der Waals surface area (Å²) in [6.07, 6.45) is 41.1. The molecule has 0 radical (unpaired) electrons. The lowest BCUT2D eigenvalue weighted by molar-refractivity contribution is -0.332. The van der Waals surface area contributed by atoms with Gasteiger partial charge in [0.1, 0.15) is 54.9 Å². The first-order valence-electron chi connectivity index (χ1n) is 31.4. The number of hydrogen-bond donors (Lipinski definition) is 7. The van der Waals surface area contributed by atoms with Gasteiger partial charge in [-0.05, 0) is 64.2 Å². The molecule has 11 unspecified atom stereocenters. The van der Waals surface area contributed by atoms with E-state index in [-0.39, 0.29) is 25.6 Å². The average molecular weight is 1090 g/mol. The van der Waals surface area contributed by atoms with Crippen LogP contribution in [-0.4, -0.2) is 142 Å². The van der Waals surface area contributed by atoms with Crippen molar-refractivity contribution in [1.29, 1.82) is 0 Å². The van der Waals surface area contributed by atoms with Gasteiger partial charge in [-0.1, -0.05) is 218 Å². The fourth-order valence-electron chi connectivity index (χ4n) is 10.1. The normalized spacial score (nSPS) is 24.5. The minimum Gasteiger partial charge on any atom is -0.457 e. The number of aliphatic hydroxyl groups excluding tert-OH is 7. The van der Waals surface area contributed by atoms with E-state index < -0.39 is 80.7 Å². The minimum atomic E-state index is -1.71. The van der Waals surface area contributed by atoms with E-state index in [1.165, 1.54) is 180 Å². The van der Waals surface area contributed by atoms with Gasteiger partial charge < -0.3 is 64.2 Å². The largest absolute Gasteiger partial charge is 0.457 e. The zero-order chi connectivity index (χ0) is 55.1. The summed E-state index contributed by atoms with van der Waals surface area (Å²) < 4.78 is 34.4. The lowest BCUT2D eigenvalue weighted by atomic mass is 9.98. The first kappa shape index (κ1) is 70.6.